The molecule has 1 unspecified atom stereocenters. The van der Waals surface area contributed by atoms with Gasteiger partial charge in [-0.25, -0.2) is 0 Å². The van der Waals surface area contributed by atoms with Gasteiger partial charge in [0.05, 0.1) is 0 Å². The summed E-state index contributed by atoms with van der Waals surface area (Å²) in [6.45, 7) is 4.14. The summed E-state index contributed by atoms with van der Waals surface area (Å²) < 4.78 is 4.81. The zero-order valence-corrected chi connectivity index (χ0v) is 9.69. The van der Waals surface area contributed by atoms with Crippen LogP contribution in [0.5, 0.6) is 0 Å². The molecule has 90 valence electrons. The molecule has 1 aromatic heterocycles. The number of nitrogens with zero attached hydrogens (tertiary/aromatic N) is 2. The van der Waals surface area contributed by atoms with Crippen molar-refractivity contribution in [3.63, 3.8) is 0 Å². The fourth-order valence-corrected chi connectivity index (χ4v) is 1.20. The van der Waals surface area contributed by atoms with Crippen LogP contribution in [-0.4, -0.2) is 28.6 Å². The lowest BCUT2D eigenvalue weighted by molar-refractivity contribution is -0.121. The molecule has 0 aliphatic rings. The van der Waals surface area contributed by atoms with Crippen LogP contribution in [-0.2, 0) is 11.2 Å². The Morgan fingerprint density at radius 2 is 2.38 bits per heavy atom. The summed E-state index contributed by atoms with van der Waals surface area (Å²) in [5, 5.41) is 6.51. The highest BCUT2D eigenvalue weighted by atomic mass is 16.5. The van der Waals surface area contributed by atoms with Crippen molar-refractivity contribution in [3.8, 4) is 0 Å². The van der Waals surface area contributed by atoms with Gasteiger partial charge in [0, 0.05) is 32.4 Å². The fourth-order valence-electron chi connectivity index (χ4n) is 1.20. The first kappa shape index (κ1) is 12.6. The van der Waals surface area contributed by atoms with E-state index in [-0.39, 0.29) is 11.9 Å². The van der Waals surface area contributed by atoms with Crippen molar-refractivity contribution < 1.29 is 9.32 Å². The van der Waals surface area contributed by atoms with E-state index in [4.69, 9.17) is 10.3 Å². The third-order valence-corrected chi connectivity index (χ3v) is 2.07. The van der Waals surface area contributed by atoms with E-state index in [0.717, 1.165) is 0 Å². The van der Waals surface area contributed by atoms with Gasteiger partial charge < -0.3 is 15.6 Å². The van der Waals surface area contributed by atoms with Crippen LogP contribution in [0.25, 0.3) is 0 Å². The summed E-state index contributed by atoms with van der Waals surface area (Å²) in [6.07, 6.45) is 1.75. The van der Waals surface area contributed by atoms with Crippen molar-refractivity contribution in [2.45, 2.75) is 39.2 Å². The molecule has 1 atom stereocenters. The highest BCUT2D eigenvalue weighted by molar-refractivity contribution is 5.75. The molecule has 0 fully saturated rings. The molecule has 0 saturated heterocycles. The zero-order chi connectivity index (χ0) is 12.0. The summed E-state index contributed by atoms with van der Waals surface area (Å²) >= 11 is 0. The Morgan fingerprint density at radius 1 is 1.62 bits per heavy atom. The summed E-state index contributed by atoms with van der Waals surface area (Å²) in [5.41, 5.74) is 5.55. The van der Waals surface area contributed by atoms with Gasteiger partial charge in [-0.15, -0.1) is 0 Å². The molecule has 1 rings (SSSR count). The largest absolute Gasteiger partial charge is 0.356 e. The van der Waals surface area contributed by atoms with Gasteiger partial charge in [0.25, 0.3) is 0 Å². The first-order valence-corrected chi connectivity index (χ1v) is 5.39. The maximum atomic E-state index is 11.3. The molecule has 3 N–H and O–H groups in total. The number of hydrogen-bond donors (Lipinski definition) is 2. The average molecular weight is 226 g/mol. The van der Waals surface area contributed by atoms with E-state index < -0.39 is 0 Å². The SMILES string of the molecule is Cc1nc(CCNC(=O)CCC(C)N)no1. The third kappa shape index (κ3) is 4.88. The van der Waals surface area contributed by atoms with Gasteiger partial charge in [0.15, 0.2) is 5.82 Å². The van der Waals surface area contributed by atoms with Crippen molar-refractivity contribution in [2.75, 3.05) is 6.54 Å². The second kappa shape index (κ2) is 6.22. The van der Waals surface area contributed by atoms with Crippen LogP contribution in [0, 0.1) is 6.92 Å². The van der Waals surface area contributed by atoms with E-state index in [2.05, 4.69) is 15.5 Å². The number of carbonyl (C=O) groups excluding carboxylic acids is 1. The van der Waals surface area contributed by atoms with E-state index in [0.29, 0.717) is 37.5 Å². The number of hydrogen-bond acceptors (Lipinski definition) is 5. The number of amides is 1. The van der Waals surface area contributed by atoms with Crippen LogP contribution in [0.1, 0.15) is 31.5 Å². The minimum absolute atomic E-state index is 0.0116. The first-order valence-electron chi connectivity index (χ1n) is 5.39. The summed E-state index contributed by atoms with van der Waals surface area (Å²) in [4.78, 5) is 15.3. The predicted molar refractivity (Wildman–Crippen MR) is 58.6 cm³/mol. The highest BCUT2D eigenvalue weighted by Gasteiger charge is 2.05. The van der Waals surface area contributed by atoms with Gasteiger partial charge in [-0.3, -0.25) is 4.79 Å². The van der Waals surface area contributed by atoms with Crippen LogP contribution < -0.4 is 11.1 Å². The van der Waals surface area contributed by atoms with E-state index >= 15 is 0 Å². The second-order valence-electron chi connectivity index (χ2n) is 3.85. The van der Waals surface area contributed by atoms with Gasteiger partial charge in [-0.2, -0.15) is 4.98 Å². The second-order valence-corrected chi connectivity index (χ2v) is 3.85. The molecule has 0 aliphatic heterocycles. The molecule has 6 nitrogen and oxygen atoms in total. The topological polar surface area (TPSA) is 94.0 Å². The Hall–Kier alpha value is -1.43. The molecule has 6 heteroatoms. The minimum atomic E-state index is 0.0116. The van der Waals surface area contributed by atoms with Gasteiger partial charge in [0.2, 0.25) is 11.8 Å². The predicted octanol–water partition coefficient (Wildman–Crippen LogP) is 0.164. The number of carbonyl (C=O) groups is 1. The molecule has 0 saturated carbocycles. The normalized spacial score (nSPS) is 12.4. The number of aromatic nitrogens is 2. The molecular weight excluding hydrogens is 208 g/mol. The molecule has 16 heavy (non-hydrogen) atoms. The van der Waals surface area contributed by atoms with Crippen LogP contribution in [0.2, 0.25) is 0 Å². The lowest BCUT2D eigenvalue weighted by Gasteiger charge is -2.05. The third-order valence-electron chi connectivity index (χ3n) is 2.07. The number of nitrogens with two attached hydrogens (primary N) is 1. The van der Waals surface area contributed by atoms with Gasteiger partial charge in [-0.1, -0.05) is 5.16 Å². The minimum Gasteiger partial charge on any atom is -0.356 e. The Bertz CT molecular complexity index is 335. The number of rotatable bonds is 6. The lowest BCUT2D eigenvalue weighted by Crippen LogP contribution is -2.27. The Morgan fingerprint density at radius 3 is 2.94 bits per heavy atom. The zero-order valence-electron chi connectivity index (χ0n) is 9.69. The summed E-state index contributed by atoms with van der Waals surface area (Å²) in [5.74, 6) is 1.17. The Balaban J connectivity index is 2.13. The smallest absolute Gasteiger partial charge is 0.223 e. The van der Waals surface area contributed by atoms with Crippen molar-refractivity contribution in [1.82, 2.24) is 15.5 Å². The molecule has 1 heterocycles. The van der Waals surface area contributed by atoms with Crippen molar-refractivity contribution >= 4 is 5.91 Å². The van der Waals surface area contributed by atoms with E-state index in [1.807, 2.05) is 6.92 Å². The molecule has 0 spiro atoms. The first-order chi connectivity index (χ1) is 7.58. The molecule has 0 radical (unpaired) electrons. The Labute approximate surface area is 94.6 Å². The standard InChI is InChI=1S/C10H18N4O2/c1-7(11)3-4-10(15)12-6-5-9-13-8(2)16-14-9/h7H,3-6,11H2,1-2H3,(H,12,15). The molecule has 0 aliphatic carbocycles. The highest BCUT2D eigenvalue weighted by Crippen LogP contribution is 1.96. The number of nitrogens with one attached hydrogen (secondary N) is 1. The van der Waals surface area contributed by atoms with E-state index in [9.17, 15) is 4.79 Å². The monoisotopic (exact) mass is 226 g/mol. The number of aryl methyl sites for hydroxylation is 1. The molecule has 0 bridgehead atoms. The quantitative estimate of drug-likeness (QED) is 0.720. The Kier molecular flexibility index (Phi) is 4.91. The van der Waals surface area contributed by atoms with E-state index in [1.165, 1.54) is 0 Å². The van der Waals surface area contributed by atoms with Gasteiger partial charge in [0.1, 0.15) is 0 Å². The molecule has 0 aromatic carbocycles. The van der Waals surface area contributed by atoms with Crippen molar-refractivity contribution in [3.05, 3.63) is 11.7 Å². The van der Waals surface area contributed by atoms with Crippen molar-refractivity contribution in [2.24, 2.45) is 5.73 Å². The fraction of sp³-hybridized carbons (Fsp3) is 0.700. The summed E-state index contributed by atoms with van der Waals surface area (Å²) in [6, 6.07) is 0.0607. The van der Waals surface area contributed by atoms with Crippen LogP contribution >= 0.6 is 0 Å². The maximum Gasteiger partial charge on any atom is 0.223 e. The average Bonchev–Trinajstić information content (AvgIpc) is 2.61. The molecule has 1 aromatic rings. The molecule has 1 amide bonds. The van der Waals surface area contributed by atoms with Gasteiger partial charge >= 0.3 is 0 Å². The maximum absolute atomic E-state index is 11.3. The van der Waals surface area contributed by atoms with E-state index in [1.54, 1.807) is 6.92 Å². The summed E-state index contributed by atoms with van der Waals surface area (Å²) in [7, 11) is 0. The van der Waals surface area contributed by atoms with Crippen LogP contribution in [0.4, 0.5) is 0 Å². The lowest BCUT2D eigenvalue weighted by atomic mass is 10.2. The van der Waals surface area contributed by atoms with Gasteiger partial charge in [-0.05, 0) is 13.3 Å². The van der Waals surface area contributed by atoms with Crippen LogP contribution in [0.15, 0.2) is 4.52 Å². The molecular formula is C10H18N4O2. The van der Waals surface area contributed by atoms with Crippen LogP contribution in [0.3, 0.4) is 0 Å². The van der Waals surface area contributed by atoms with Crippen molar-refractivity contribution in [1.29, 1.82) is 0 Å².